The summed E-state index contributed by atoms with van der Waals surface area (Å²) in [5.41, 5.74) is 2.84. The molecule has 0 aromatic heterocycles. The van der Waals surface area contributed by atoms with Crippen LogP contribution in [0.3, 0.4) is 0 Å². The molecule has 0 saturated heterocycles. The molecule has 98 valence electrons. The zero-order valence-electron chi connectivity index (χ0n) is 10.6. The third kappa shape index (κ3) is 2.46. The Bertz CT molecular complexity index is 609. The molecule has 1 N–H and O–H groups in total. The van der Waals surface area contributed by atoms with Crippen molar-refractivity contribution in [2.45, 2.75) is 25.6 Å². The van der Waals surface area contributed by atoms with E-state index in [2.05, 4.69) is 0 Å². The van der Waals surface area contributed by atoms with Crippen LogP contribution < -0.4 is 4.74 Å². The van der Waals surface area contributed by atoms with Gasteiger partial charge in [-0.2, -0.15) is 0 Å². The first-order valence-corrected chi connectivity index (χ1v) is 6.74. The minimum Gasteiger partial charge on any atom is -0.490 e. The Labute approximate surface area is 117 Å². The van der Waals surface area contributed by atoms with Crippen molar-refractivity contribution in [3.05, 3.63) is 64.2 Å². The Morgan fingerprint density at radius 3 is 2.79 bits per heavy atom. The maximum absolute atomic E-state index is 10.4. The summed E-state index contributed by atoms with van der Waals surface area (Å²) in [6.45, 7) is 2.05. The third-order valence-electron chi connectivity index (χ3n) is 3.40. The van der Waals surface area contributed by atoms with E-state index in [9.17, 15) is 5.11 Å². The van der Waals surface area contributed by atoms with Crippen LogP contribution in [0.25, 0.3) is 0 Å². The van der Waals surface area contributed by atoms with Crippen molar-refractivity contribution in [3.63, 3.8) is 0 Å². The van der Waals surface area contributed by atoms with Crippen molar-refractivity contribution in [1.29, 1.82) is 0 Å². The van der Waals surface area contributed by atoms with E-state index < -0.39 is 6.10 Å². The number of halogens is 1. The monoisotopic (exact) mass is 274 g/mol. The first kappa shape index (κ1) is 12.5. The van der Waals surface area contributed by atoms with E-state index in [0.29, 0.717) is 5.02 Å². The minimum atomic E-state index is -0.653. The van der Waals surface area contributed by atoms with E-state index in [1.165, 1.54) is 0 Å². The van der Waals surface area contributed by atoms with Gasteiger partial charge in [0, 0.05) is 11.4 Å². The molecule has 0 aliphatic carbocycles. The highest BCUT2D eigenvalue weighted by Crippen LogP contribution is 2.33. The molecule has 1 aliphatic heterocycles. The lowest BCUT2D eigenvalue weighted by Crippen LogP contribution is -2.05. The quantitative estimate of drug-likeness (QED) is 0.904. The molecular formula is C16H15ClO2. The van der Waals surface area contributed by atoms with Gasteiger partial charge in [0.1, 0.15) is 18.0 Å². The lowest BCUT2D eigenvalue weighted by atomic mass is 9.98. The van der Waals surface area contributed by atoms with E-state index >= 15 is 0 Å². The third-order valence-corrected chi connectivity index (χ3v) is 3.64. The van der Waals surface area contributed by atoms with Crippen LogP contribution in [0.1, 0.15) is 29.7 Å². The average molecular weight is 275 g/mol. The van der Waals surface area contributed by atoms with Crippen molar-refractivity contribution in [2.24, 2.45) is 0 Å². The molecule has 0 bridgehead atoms. The Morgan fingerprint density at radius 1 is 1.21 bits per heavy atom. The Balaban J connectivity index is 1.93. The van der Waals surface area contributed by atoms with Crippen LogP contribution in [0, 0.1) is 0 Å². The van der Waals surface area contributed by atoms with Gasteiger partial charge in [0.2, 0.25) is 0 Å². The van der Waals surface area contributed by atoms with Gasteiger partial charge in [-0.15, -0.1) is 0 Å². The van der Waals surface area contributed by atoms with Gasteiger partial charge in [0.05, 0.1) is 0 Å². The van der Waals surface area contributed by atoms with Crippen LogP contribution in [0.15, 0.2) is 42.5 Å². The SMILES string of the molecule is CC1Cc2cc(C(O)c3cccc(Cl)c3)ccc2O1. The highest BCUT2D eigenvalue weighted by atomic mass is 35.5. The molecule has 2 nitrogen and oxygen atoms in total. The normalized spacial score (nSPS) is 18.8. The molecule has 0 fully saturated rings. The molecule has 2 atom stereocenters. The fourth-order valence-corrected chi connectivity index (χ4v) is 2.68. The molecule has 2 unspecified atom stereocenters. The zero-order valence-corrected chi connectivity index (χ0v) is 11.4. The number of aliphatic hydroxyl groups excluding tert-OH is 1. The van der Waals surface area contributed by atoms with Crippen LogP contribution >= 0.6 is 11.6 Å². The van der Waals surface area contributed by atoms with E-state index in [1.807, 2.05) is 37.3 Å². The number of hydrogen-bond donors (Lipinski definition) is 1. The summed E-state index contributed by atoms with van der Waals surface area (Å²) in [5, 5.41) is 11.0. The Morgan fingerprint density at radius 2 is 2.00 bits per heavy atom. The Kier molecular flexibility index (Phi) is 3.21. The molecule has 19 heavy (non-hydrogen) atoms. The second kappa shape index (κ2) is 4.87. The van der Waals surface area contributed by atoms with Crippen LogP contribution in [0.2, 0.25) is 5.02 Å². The van der Waals surface area contributed by atoms with Crippen molar-refractivity contribution in [2.75, 3.05) is 0 Å². The lowest BCUT2D eigenvalue weighted by molar-refractivity contribution is 0.220. The summed E-state index contributed by atoms with van der Waals surface area (Å²) >= 11 is 5.96. The number of benzene rings is 2. The number of hydrogen-bond acceptors (Lipinski definition) is 2. The van der Waals surface area contributed by atoms with Crippen LogP contribution in [-0.4, -0.2) is 11.2 Å². The van der Waals surface area contributed by atoms with Gasteiger partial charge < -0.3 is 9.84 Å². The fourth-order valence-electron chi connectivity index (χ4n) is 2.48. The minimum absolute atomic E-state index is 0.216. The van der Waals surface area contributed by atoms with Gasteiger partial charge in [0.25, 0.3) is 0 Å². The predicted molar refractivity (Wildman–Crippen MR) is 75.7 cm³/mol. The van der Waals surface area contributed by atoms with Gasteiger partial charge >= 0.3 is 0 Å². The summed E-state index contributed by atoms with van der Waals surface area (Å²) in [6.07, 6.45) is 0.458. The van der Waals surface area contributed by atoms with Gasteiger partial charge in [-0.25, -0.2) is 0 Å². The van der Waals surface area contributed by atoms with Gasteiger partial charge in [-0.3, -0.25) is 0 Å². The maximum Gasteiger partial charge on any atom is 0.123 e. The van der Waals surface area contributed by atoms with E-state index in [1.54, 1.807) is 12.1 Å². The lowest BCUT2D eigenvalue weighted by Gasteiger charge is -2.12. The van der Waals surface area contributed by atoms with E-state index in [-0.39, 0.29) is 6.10 Å². The molecule has 0 radical (unpaired) electrons. The number of ether oxygens (including phenoxy) is 1. The van der Waals surface area contributed by atoms with E-state index in [4.69, 9.17) is 16.3 Å². The fraction of sp³-hybridized carbons (Fsp3) is 0.250. The first-order chi connectivity index (χ1) is 9.13. The molecule has 2 aromatic carbocycles. The highest BCUT2D eigenvalue weighted by Gasteiger charge is 2.21. The van der Waals surface area contributed by atoms with E-state index in [0.717, 1.165) is 28.9 Å². The zero-order chi connectivity index (χ0) is 13.4. The molecule has 3 heteroatoms. The van der Waals surface area contributed by atoms with Gasteiger partial charge in [-0.1, -0.05) is 29.8 Å². The Hall–Kier alpha value is -1.51. The largest absolute Gasteiger partial charge is 0.490 e. The van der Waals surface area contributed by atoms with Crippen molar-refractivity contribution >= 4 is 11.6 Å². The first-order valence-electron chi connectivity index (χ1n) is 6.36. The van der Waals surface area contributed by atoms with Crippen LogP contribution in [0.4, 0.5) is 0 Å². The van der Waals surface area contributed by atoms with Crippen molar-refractivity contribution in [1.82, 2.24) is 0 Å². The summed E-state index contributed by atoms with van der Waals surface area (Å²) in [6, 6.07) is 13.2. The average Bonchev–Trinajstić information content (AvgIpc) is 2.76. The van der Waals surface area contributed by atoms with Gasteiger partial charge in [0.15, 0.2) is 0 Å². The summed E-state index contributed by atoms with van der Waals surface area (Å²) < 4.78 is 5.66. The highest BCUT2D eigenvalue weighted by molar-refractivity contribution is 6.30. The smallest absolute Gasteiger partial charge is 0.123 e. The van der Waals surface area contributed by atoms with Crippen LogP contribution in [-0.2, 0) is 6.42 Å². The molecule has 3 rings (SSSR count). The second-order valence-electron chi connectivity index (χ2n) is 4.96. The van der Waals surface area contributed by atoms with Crippen molar-refractivity contribution < 1.29 is 9.84 Å². The molecule has 1 aliphatic rings. The molecule has 0 spiro atoms. The number of fused-ring (bicyclic) bond motifs is 1. The van der Waals surface area contributed by atoms with Crippen molar-refractivity contribution in [3.8, 4) is 5.75 Å². The number of rotatable bonds is 2. The summed E-state index contributed by atoms with van der Waals surface area (Å²) in [5.74, 6) is 0.926. The molecular weight excluding hydrogens is 260 g/mol. The molecule has 0 saturated carbocycles. The van der Waals surface area contributed by atoms with Gasteiger partial charge in [-0.05, 0) is 47.9 Å². The second-order valence-corrected chi connectivity index (χ2v) is 5.39. The molecule has 1 heterocycles. The van der Waals surface area contributed by atoms with Crippen LogP contribution in [0.5, 0.6) is 5.75 Å². The predicted octanol–water partition coefficient (Wildman–Crippen LogP) is 3.75. The molecule has 2 aromatic rings. The standard InChI is InChI=1S/C16H15ClO2/c1-10-7-13-8-12(5-6-15(13)19-10)16(18)11-3-2-4-14(17)9-11/h2-6,8-10,16,18H,7H2,1H3. The number of aliphatic hydroxyl groups is 1. The topological polar surface area (TPSA) is 29.5 Å². The summed E-state index contributed by atoms with van der Waals surface area (Å²) in [4.78, 5) is 0. The summed E-state index contributed by atoms with van der Waals surface area (Å²) in [7, 11) is 0. The molecule has 0 amide bonds. The maximum atomic E-state index is 10.4.